The third kappa shape index (κ3) is 4.34. The zero-order chi connectivity index (χ0) is 16.2. The number of likely N-dealkylation sites (N-methyl/N-ethyl adjacent to an activating group) is 1. The number of nitrogens with zero attached hydrogens (tertiary/aromatic N) is 4. The maximum Gasteiger partial charge on any atom is 0.191 e. The van der Waals surface area contributed by atoms with Gasteiger partial charge in [-0.2, -0.15) is 0 Å². The van der Waals surface area contributed by atoms with Crippen molar-refractivity contribution >= 4 is 11.8 Å². The second-order valence-electron chi connectivity index (χ2n) is 6.70. The fourth-order valence-corrected chi connectivity index (χ4v) is 2.86. The summed E-state index contributed by atoms with van der Waals surface area (Å²) in [6, 6.07) is 4.84. The Bertz CT molecular complexity index is 550. The number of anilines is 1. The van der Waals surface area contributed by atoms with Crippen LogP contribution in [0.2, 0.25) is 0 Å². The number of rotatable bonds is 4. The van der Waals surface area contributed by atoms with Crippen molar-refractivity contribution in [2.24, 2.45) is 10.9 Å². The predicted octanol–water partition coefficient (Wildman–Crippen LogP) is 0.907. The monoisotopic (exact) mass is 316 g/mol. The molecule has 2 unspecified atom stereocenters. The van der Waals surface area contributed by atoms with Crippen LogP contribution in [-0.2, 0) is 6.54 Å². The van der Waals surface area contributed by atoms with Gasteiger partial charge in [-0.15, -0.1) is 0 Å². The van der Waals surface area contributed by atoms with E-state index in [0.29, 0.717) is 6.04 Å². The van der Waals surface area contributed by atoms with Crippen molar-refractivity contribution in [1.29, 1.82) is 0 Å². The van der Waals surface area contributed by atoms with Crippen LogP contribution in [0.1, 0.15) is 18.9 Å². The molecule has 6 nitrogen and oxygen atoms in total. The van der Waals surface area contributed by atoms with Gasteiger partial charge >= 0.3 is 0 Å². The lowest BCUT2D eigenvalue weighted by Gasteiger charge is -2.33. The van der Waals surface area contributed by atoms with Crippen molar-refractivity contribution in [3.63, 3.8) is 0 Å². The Balaban J connectivity index is 1.54. The summed E-state index contributed by atoms with van der Waals surface area (Å²) in [4.78, 5) is 13.6. The molecule has 23 heavy (non-hydrogen) atoms. The summed E-state index contributed by atoms with van der Waals surface area (Å²) in [7, 11) is 4.00. The van der Waals surface area contributed by atoms with E-state index in [2.05, 4.69) is 56.5 Å². The summed E-state index contributed by atoms with van der Waals surface area (Å²) in [5, 5.41) is 6.85. The number of pyridine rings is 1. The quantitative estimate of drug-likeness (QED) is 0.639. The Labute approximate surface area is 139 Å². The average Bonchev–Trinajstić information content (AvgIpc) is 3.27. The number of hydrogen-bond acceptors (Lipinski definition) is 4. The number of aliphatic imine (C=N–C) groups is 1. The molecule has 0 aromatic carbocycles. The Kier molecular flexibility index (Phi) is 5.00. The van der Waals surface area contributed by atoms with E-state index >= 15 is 0 Å². The number of hydrogen-bond donors (Lipinski definition) is 2. The highest BCUT2D eigenvalue weighted by Crippen LogP contribution is 2.28. The van der Waals surface area contributed by atoms with E-state index in [1.807, 2.05) is 13.2 Å². The fourth-order valence-electron chi connectivity index (χ4n) is 2.86. The molecule has 1 aliphatic carbocycles. The molecular formula is C17H28N6. The minimum atomic E-state index is 0.583. The number of nitrogens with one attached hydrogen (secondary N) is 2. The topological polar surface area (TPSA) is 55.8 Å². The van der Waals surface area contributed by atoms with Gasteiger partial charge in [-0.05, 0) is 37.1 Å². The minimum absolute atomic E-state index is 0.583. The van der Waals surface area contributed by atoms with E-state index in [-0.39, 0.29) is 0 Å². The molecule has 1 aliphatic heterocycles. The van der Waals surface area contributed by atoms with Crippen LogP contribution < -0.4 is 15.5 Å². The molecule has 6 heteroatoms. The van der Waals surface area contributed by atoms with Gasteiger partial charge in [0, 0.05) is 52.0 Å². The van der Waals surface area contributed by atoms with Gasteiger partial charge < -0.3 is 20.4 Å². The van der Waals surface area contributed by atoms with E-state index in [9.17, 15) is 0 Å². The summed E-state index contributed by atoms with van der Waals surface area (Å²) >= 11 is 0. The molecule has 1 saturated heterocycles. The number of guanidine groups is 1. The Morgan fingerprint density at radius 1 is 1.35 bits per heavy atom. The van der Waals surface area contributed by atoms with Crippen LogP contribution in [0.3, 0.4) is 0 Å². The van der Waals surface area contributed by atoms with E-state index in [4.69, 9.17) is 0 Å². The second-order valence-corrected chi connectivity index (χ2v) is 6.70. The van der Waals surface area contributed by atoms with Crippen molar-refractivity contribution in [1.82, 2.24) is 20.5 Å². The predicted molar refractivity (Wildman–Crippen MR) is 94.9 cm³/mol. The van der Waals surface area contributed by atoms with Gasteiger partial charge in [0.05, 0.1) is 0 Å². The lowest BCUT2D eigenvalue weighted by atomic mass is 10.2. The van der Waals surface area contributed by atoms with Gasteiger partial charge in [-0.1, -0.05) is 6.92 Å². The van der Waals surface area contributed by atoms with Crippen LogP contribution in [0.25, 0.3) is 0 Å². The maximum absolute atomic E-state index is 4.54. The first-order chi connectivity index (χ1) is 11.2. The van der Waals surface area contributed by atoms with Crippen molar-refractivity contribution in [3.05, 3.63) is 23.9 Å². The van der Waals surface area contributed by atoms with Gasteiger partial charge in [0.25, 0.3) is 0 Å². The van der Waals surface area contributed by atoms with E-state index in [1.165, 1.54) is 12.0 Å². The molecule has 0 radical (unpaired) electrons. The van der Waals surface area contributed by atoms with Crippen molar-refractivity contribution in [3.8, 4) is 0 Å². The molecule has 2 heterocycles. The Morgan fingerprint density at radius 2 is 2.09 bits per heavy atom. The molecule has 2 N–H and O–H groups in total. The van der Waals surface area contributed by atoms with Crippen LogP contribution in [0.5, 0.6) is 0 Å². The van der Waals surface area contributed by atoms with Gasteiger partial charge in [-0.25, -0.2) is 4.98 Å². The third-order valence-corrected chi connectivity index (χ3v) is 4.75. The molecule has 2 aliphatic rings. The van der Waals surface area contributed by atoms with Gasteiger partial charge in [0.15, 0.2) is 5.96 Å². The third-order valence-electron chi connectivity index (χ3n) is 4.75. The van der Waals surface area contributed by atoms with Crippen LogP contribution in [-0.4, -0.2) is 62.2 Å². The first kappa shape index (κ1) is 16.1. The average molecular weight is 316 g/mol. The van der Waals surface area contributed by atoms with Gasteiger partial charge in [0.2, 0.25) is 0 Å². The first-order valence-corrected chi connectivity index (χ1v) is 8.51. The highest BCUT2D eigenvalue weighted by atomic mass is 15.3. The SMILES string of the molecule is CN=C(NCc1ccnc(N2CCN(C)CC2)c1)NC1CC1C. The molecule has 1 aromatic heterocycles. The smallest absolute Gasteiger partial charge is 0.191 e. The lowest BCUT2D eigenvalue weighted by Crippen LogP contribution is -2.44. The van der Waals surface area contributed by atoms with E-state index in [1.54, 1.807) is 0 Å². The summed E-state index contributed by atoms with van der Waals surface area (Å²) in [5.41, 5.74) is 1.24. The summed E-state index contributed by atoms with van der Waals surface area (Å²) in [6.07, 6.45) is 3.15. The molecule has 1 aromatic rings. The molecular weight excluding hydrogens is 288 g/mol. The molecule has 0 spiro atoms. The zero-order valence-corrected chi connectivity index (χ0v) is 14.4. The summed E-state index contributed by atoms with van der Waals surface area (Å²) in [5.74, 6) is 2.73. The zero-order valence-electron chi connectivity index (χ0n) is 14.4. The molecule has 0 bridgehead atoms. The minimum Gasteiger partial charge on any atom is -0.354 e. The molecule has 2 atom stereocenters. The molecule has 0 amide bonds. The second kappa shape index (κ2) is 7.17. The van der Waals surface area contributed by atoms with Crippen molar-refractivity contribution in [2.75, 3.05) is 45.2 Å². The standard InChI is InChI=1S/C17H28N6/c1-13-10-15(13)21-17(18-2)20-12-14-4-5-19-16(11-14)23-8-6-22(3)7-9-23/h4-5,11,13,15H,6-10,12H2,1-3H3,(H2,18,20,21). The summed E-state index contributed by atoms with van der Waals surface area (Å²) < 4.78 is 0. The van der Waals surface area contributed by atoms with Crippen LogP contribution in [0, 0.1) is 5.92 Å². The fraction of sp³-hybridized carbons (Fsp3) is 0.647. The lowest BCUT2D eigenvalue weighted by molar-refractivity contribution is 0.312. The van der Waals surface area contributed by atoms with Gasteiger partial charge in [-0.3, -0.25) is 4.99 Å². The van der Waals surface area contributed by atoms with Crippen molar-refractivity contribution < 1.29 is 0 Å². The maximum atomic E-state index is 4.54. The first-order valence-electron chi connectivity index (χ1n) is 8.51. The van der Waals surface area contributed by atoms with Gasteiger partial charge in [0.1, 0.15) is 5.82 Å². The largest absolute Gasteiger partial charge is 0.354 e. The Morgan fingerprint density at radius 3 is 2.74 bits per heavy atom. The van der Waals surface area contributed by atoms with Crippen LogP contribution in [0.15, 0.2) is 23.3 Å². The molecule has 1 saturated carbocycles. The van der Waals surface area contributed by atoms with Crippen molar-refractivity contribution in [2.45, 2.75) is 25.9 Å². The molecule has 126 valence electrons. The Hall–Kier alpha value is -1.82. The highest BCUT2D eigenvalue weighted by Gasteiger charge is 2.33. The van der Waals surface area contributed by atoms with E-state index < -0.39 is 0 Å². The molecule has 3 rings (SSSR count). The molecule has 2 fully saturated rings. The van der Waals surface area contributed by atoms with E-state index in [0.717, 1.165) is 50.4 Å². The van der Waals surface area contributed by atoms with Crippen LogP contribution in [0.4, 0.5) is 5.82 Å². The summed E-state index contributed by atoms with van der Waals surface area (Å²) in [6.45, 7) is 7.31. The number of aromatic nitrogens is 1. The number of piperazine rings is 1. The van der Waals surface area contributed by atoms with Crippen LogP contribution >= 0.6 is 0 Å². The highest BCUT2D eigenvalue weighted by molar-refractivity contribution is 5.80. The normalized spacial score (nSPS) is 25.3.